The molecule has 0 aliphatic carbocycles. The topological polar surface area (TPSA) is 81.4 Å². The fraction of sp³-hybridized carbons (Fsp3) is 0.200. The van der Waals surface area contributed by atoms with Crippen LogP contribution in [0.25, 0.3) is 10.9 Å². The molecule has 0 saturated carbocycles. The molecule has 3 aromatic rings. The van der Waals surface area contributed by atoms with Crippen molar-refractivity contribution in [3.8, 4) is 0 Å². The second-order valence-corrected chi connectivity index (χ2v) is 4.91. The molecule has 3 rings (SSSR count). The van der Waals surface area contributed by atoms with Gasteiger partial charge in [-0.05, 0) is 24.4 Å². The Bertz CT molecular complexity index is 799. The van der Waals surface area contributed by atoms with Gasteiger partial charge in [0.05, 0.1) is 12.7 Å². The zero-order valence-corrected chi connectivity index (χ0v) is 11.8. The number of oxime groups is 1. The molecular weight excluding hydrogens is 266 g/mol. The first-order valence-electron chi connectivity index (χ1n) is 6.79. The highest BCUT2D eigenvalue weighted by atomic mass is 16.4. The Labute approximate surface area is 122 Å². The van der Waals surface area contributed by atoms with E-state index < -0.39 is 0 Å². The highest BCUT2D eigenvalue weighted by Crippen LogP contribution is 2.19. The number of rotatable bonds is 4. The van der Waals surface area contributed by atoms with E-state index >= 15 is 0 Å². The number of benzene rings is 1. The van der Waals surface area contributed by atoms with Gasteiger partial charge >= 0.3 is 0 Å². The lowest BCUT2D eigenvalue weighted by Gasteiger charge is -2.05. The quantitative estimate of drug-likeness (QED) is 0.332. The van der Waals surface area contributed by atoms with Gasteiger partial charge in [-0.2, -0.15) is 5.10 Å². The molecule has 0 radical (unpaired) electrons. The van der Waals surface area contributed by atoms with Gasteiger partial charge in [0, 0.05) is 35.6 Å². The molecular formula is C15H17N5O. The Balaban J connectivity index is 1.98. The maximum Gasteiger partial charge on any atom is 0.170 e. The van der Waals surface area contributed by atoms with Crippen molar-refractivity contribution in [1.29, 1.82) is 0 Å². The summed E-state index contributed by atoms with van der Waals surface area (Å²) in [6, 6.07) is 7.79. The first-order valence-corrected chi connectivity index (χ1v) is 6.79. The summed E-state index contributed by atoms with van der Waals surface area (Å²) in [5, 5.41) is 17.2. The van der Waals surface area contributed by atoms with Crippen LogP contribution in [-0.4, -0.2) is 25.4 Å². The Morgan fingerprint density at radius 3 is 2.95 bits per heavy atom. The van der Waals surface area contributed by atoms with Gasteiger partial charge in [-0.1, -0.05) is 17.3 Å². The van der Waals surface area contributed by atoms with Crippen LogP contribution < -0.4 is 5.73 Å². The van der Waals surface area contributed by atoms with Gasteiger partial charge in [-0.3, -0.25) is 4.68 Å². The predicted octanol–water partition coefficient (Wildman–Crippen LogP) is 2.00. The minimum absolute atomic E-state index is 0.114. The van der Waals surface area contributed by atoms with Crippen LogP contribution in [-0.2, 0) is 13.1 Å². The van der Waals surface area contributed by atoms with Gasteiger partial charge in [0.2, 0.25) is 0 Å². The number of aromatic nitrogens is 3. The van der Waals surface area contributed by atoms with Crippen molar-refractivity contribution in [2.45, 2.75) is 20.0 Å². The zero-order valence-electron chi connectivity index (χ0n) is 11.8. The Hall–Kier alpha value is -2.76. The summed E-state index contributed by atoms with van der Waals surface area (Å²) in [4.78, 5) is 0. The molecule has 0 aliphatic rings. The third kappa shape index (κ3) is 2.47. The van der Waals surface area contributed by atoms with E-state index in [2.05, 4.69) is 27.8 Å². The summed E-state index contributed by atoms with van der Waals surface area (Å²) in [7, 11) is 0. The van der Waals surface area contributed by atoms with Crippen molar-refractivity contribution in [3.05, 3.63) is 54.0 Å². The molecule has 6 heteroatoms. The molecule has 0 fully saturated rings. The lowest BCUT2D eigenvalue weighted by molar-refractivity contribution is 0.318. The van der Waals surface area contributed by atoms with Crippen LogP contribution in [0, 0.1) is 0 Å². The van der Waals surface area contributed by atoms with Crippen LogP contribution in [0.4, 0.5) is 0 Å². The second-order valence-electron chi connectivity index (χ2n) is 4.91. The second kappa shape index (κ2) is 5.32. The summed E-state index contributed by atoms with van der Waals surface area (Å²) in [6.07, 6.45) is 5.95. The summed E-state index contributed by atoms with van der Waals surface area (Å²) in [5.41, 5.74) is 8.55. The van der Waals surface area contributed by atoms with E-state index in [0.717, 1.165) is 29.6 Å². The van der Waals surface area contributed by atoms with E-state index in [1.54, 1.807) is 0 Å². The Morgan fingerprint density at radius 1 is 1.38 bits per heavy atom. The van der Waals surface area contributed by atoms with Crippen LogP contribution in [0.5, 0.6) is 0 Å². The summed E-state index contributed by atoms with van der Waals surface area (Å²) in [5.74, 6) is 0.114. The fourth-order valence-corrected chi connectivity index (χ4v) is 2.40. The molecule has 2 heterocycles. The fourth-order valence-electron chi connectivity index (χ4n) is 2.40. The van der Waals surface area contributed by atoms with E-state index in [1.165, 1.54) is 0 Å². The number of amidine groups is 1. The molecule has 1 aromatic carbocycles. The number of fused-ring (bicyclic) bond motifs is 1. The van der Waals surface area contributed by atoms with Crippen LogP contribution in [0.1, 0.15) is 18.1 Å². The maximum atomic E-state index is 8.79. The first-order chi connectivity index (χ1) is 10.2. The number of aryl methyl sites for hydroxylation is 1. The predicted molar refractivity (Wildman–Crippen MR) is 81.5 cm³/mol. The van der Waals surface area contributed by atoms with Crippen LogP contribution >= 0.6 is 0 Å². The smallest absolute Gasteiger partial charge is 0.170 e. The zero-order chi connectivity index (χ0) is 14.8. The van der Waals surface area contributed by atoms with Crippen molar-refractivity contribution in [2.75, 3.05) is 0 Å². The van der Waals surface area contributed by atoms with Gasteiger partial charge in [-0.15, -0.1) is 0 Å². The monoisotopic (exact) mass is 283 g/mol. The normalized spacial score (nSPS) is 12.1. The molecule has 0 bridgehead atoms. The average molecular weight is 283 g/mol. The van der Waals surface area contributed by atoms with Gasteiger partial charge in [0.15, 0.2) is 5.84 Å². The van der Waals surface area contributed by atoms with E-state index in [9.17, 15) is 0 Å². The van der Waals surface area contributed by atoms with Crippen LogP contribution in [0.3, 0.4) is 0 Å². The van der Waals surface area contributed by atoms with Crippen LogP contribution in [0.2, 0.25) is 0 Å². The SMILES string of the molecule is CCn1cc(Cn2ccc3ccc(/C(N)=N/O)cc32)cn1. The Morgan fingerprint density at radius 2 is 2.24 bits per heavy atom. The maximum absolute atomic E-state index is 8.79. The third-order valence-electron chi connectivity index (χ3n) is 3.54. The summed E-state index contributed by atoms with van der Waals surface area (Å²) in [6.45, 7) is 3.66. The van der Waals surface area contributed by atoms with Gasteiger partial charge in [0.1, 0.15) is 0 Å². The minimum atomic E-state index is 0.114. The van der Waals surface area contributed by atoms with Gasteiger partial charge in [-0.25, -0.2) is 0 Å². The van der Waals surface area contributed by atoms with Crippen LogP contribution in [0.15, 0.2) is 48.0 Å². The van der Waals surface area contributed by atoms with E-state index in [1.807, 2.05) is 41.5 Å². The molecule has 0 atom stereocenters. The highest BCUT2D eigenvalue weighted by Gasteiger charge is 2.06. The van der Waals surface area contributed by atoms with E-state index in [-0.39, 0.29) is 5.84 Å². The van der Waals surface area contributed by atoms with Crippen molar-refractivity contribution >= 4 is 16.7 Å². The Kier molecular flexibility index (Phi) is 3.35. The molecule has 21 heavy (non-hydrogen) atoms. The lowest BCUT2D eigenvalue weighted by Crippen LogP contribution is -2.13. The van der Waals surface area contributed by atoms with E-state index in [0.29, 0.717) is 5.56 Å². The highest BCUT2D eigenvalue weighted by molar-refractivity contribution is 6.00. The molecule has 0 saturated heterocycles. The molecule has 0 unspecified atom stereocenters. The summed E-state index contributed by atoms with van der Waals surface area (Å²) >= 11 is 0. The van der Waals surface area contributed by atoms with E-state index in [4.69, 9.17) is 10.9 Å². The van der Waals surface area contributed by atoms with Crippen molar-refractivity contribution in [2.24, 2.45) is 10.9 Å². The molecule has 6 nitrogen and oxygen atoms in total. The number of nitrogens with zero attached hydrogens (tertiary/aromatic N) is 4. The van der Waals surface area contributed by atoms with Gasteiger partial charge < -0.3 is 15.5 Å². The molecule has 3 N–H and O–H groups in total. The number of hydrogen-bond donors (Lipinski definition) is 2. The van der Waals surface area contributed by atoms with Crippen molar-refractivity contribution < 1.29 is 5.21 Å². The van der Waals surface area contributed by atoms with Crippen molar-refractivity contribution in [1.82, 2.24) is 14.3 Å². The largest absolute Gasteiger partial charge is 0.409 e. The molecule has 2 aromatic heterocycles. The van der Waals surface area contributed by atoms with Gasteiger partial charge in [0.25, 0.3) is 0 Å². The molecule has 0 spiro atoms. The third-order valence-corrected chi connectivity index (χ3v) is 3.54. The van der Waals surface area contributed by atoms with Crippen molar-refractivity contribution in [3.63, 3.8) is 0 Å². The standard InChI is InChI=1S/C15H17N5O/c1-2-20-10-11(8-17-20)9-19-6-5-12-3-4-13(7-14(12)19)15(16)18-21/h3-8,10,21H,2,9H2,1H3,(H2,16,18). The summed E-state index contributed by atoms with van der Waals surface area (Å²) < 4.78 is 4.03. The first kappa shape index (κ1) is 13.2. The molecule has 0 aliphatic heterocycles. The number of nitrogens with two attached hydrogens (primary N) is 1. The molecule has 108 valence electrons. The number of hydrogen-bond acceptors (Lipinski definition) is 3. The molecule has 0 amide bonds. The lowest BCUT2D eigenvalue weighted by atomic mass is 10.1. The minimum Gasteiger partial charge on any atom is -0.409 e. The average Bonchev–Trinajstić information content (AvgIpc) is 3.13.